The maximum atomic E-state index is 7.01. The third-order valence-corrected chi connectivity index (χ3v) is 12.7. The van der Waals surface area contributed by atoms with Crippen LogP contribution in [0.1, 0.15) is 22.3 Å². The molecule has 8 heterocycles. The van der Waals surface area contributed by atoms with Crippen molar-refractivity contribution in [3.8, 4) is 11.4 Å². The molecule has 0 amide bonds. The predicted molar refractivity (Wildman–Crippen MR) is 243 cm³/mol. The zero-order valence-corrected chi connectivity index (χ0v) is 34.4. The van der Waals surface area contributed by atoms with Gasteiger partial charge in [0.05, 0.1) is 31.8 Å². The molecule has 0 unspecified atom stereocenters. The molecule has 2 saturated heterocycles. The third kappa shape index (κ3) is 6.41. The number of pyridine rings is 4. The van der Waals surface area contributed by atoms with Gasteiger partial charge in [-0.05, 0) is 83.9 Å². The Balaban J connectivity index is 0.843. The van der Waals surface area contributed by atoms with Gasteiger partial charge in [0, 0.05) is 81.7 Å². The van der Waals surface area contributed by atoms with Gasteiger partial charge in [0.1, 0.15) is 22.6 Å². The summed E-state index contributed by atoms with van der Waals surface area (Å²) in [6.07, 6.45) is 8.36. The molecule has 2 aliphatic heterocycles. The van der Waals surface area contributed by atoms with Gasteiger partial charge in [-0.1, -0.05) is 84.9 Å². The second-order valence-electron chi connectivity index (χ2n) is 16.7. The minimum absolute atomic E-state index is 0.385. The van der Waals surface area contributed by atoms with Crippen LogP contribution < -0.4 is 0 Å². The van der Waals surface area contributed by atoms with Crippen molar-refractivity contribution >= 4 is 44.1 Å². The molecular weight excluding hydrogens is 785 g/mol. The molecular formula is C53H42N6O4. The number of aromatic nitrogens is 6. The van der Waals surface area contributed by atoms with Crippen molar-refractivity contribution in [2.24, 2.45) is 5.41 Å². The van der Waals surface area contributed by atoms with Crippen molar-refractivity contribution in [1.82, 2.24) is 29.1 Å². The highest BCUT2D eigenvalue weighted by molar-refractivity contribution is 6.07. The Morgan fingerprint density at radius 2 is 0.683 bits per heavy atom. The van der Waals surface area contributed by atoms with E-state index in [9.17, 15) is 0 Å². The van der Waals surface area contributed by atoms with E-state index in [0.717, 1.165) is 77.8 Å². The number of ether oxygens (including phenoxy) is 4. The highest BCUT2D eigenvalue weighted by Gasteiger charge is 2.52. The van der Waals surface area contributed by atoms with Crippen LogP contribution >= 0.6 is 0 Å². The lowest BCUT2D eigenvalue weighted by molar-refractivity contribution is -0.376. The minimum atomic E-state index is -1.03. The summed E-state index contributed by atoms with van der Waals surface area (Å²) in [6, 6.07) is 53.8. The SMILES string of the molecule is c1ccc(CC2(c3ccc(-n4c5ncccc5c5cccnc54)cc3)OCC3(CO2)COC(Cc2ccccc2)(c2ccc(-n4c5ncccc5c5cccnc54)cc2)OC3)cc1. The fourth-order valence-corrected chi connectivity index (χ4v) is 9.44. The van der Waals surface area contributed by atoms with Crippen LogP contribution in [0, 0.1) is 5.41 Å². The summed E-state index contributed by atoms with van der Waals surface area (Å²) in [6.45, 7) is 1.54. The van der Waals surface area contributed by atoms with Gasteiger partial charge in [-0.3, -0.25) is 9.13 Å². The zero-order valence-electron chi connectivity index (χ0n) is 34.4. The lowest BCUT2D eigenvalue weighted by atomic mass is 9.86. The molecule has 2 aliphatic rings. The van der Waals surface area contributed by atoms with Crippen LogP contribution in [0.25, 0.3) is 55.5 Å². The molecule has 4 aromatic carbocycles. The van der Waals surface area contributed by atoms with Gasteiger partial charge in [-0.2, -0.15) is 0 Å². The highest BCUT2D eigenvalue weighted by atomic mass is 16.7. The smallest absolute Gasteiger partial charge is 0.198 e. The zero-order chi connectivity index (χ0) is 41.9. The van der Waals surface area contributed by atoms with Crippen LogP contribution in [0.5, 0.6) is 0 Å². The lowest BCUT2D eigenvalue weighted by Crippen LogP contribution is -2.58. The lowest BCUT2D eigenvalue weighted by Gasteiger charge is -2.51. The summed E-state index contributed by atoms with van der Waals surface area (Å²) in [5.74, 6) is -2.07. The van der Waals surface area contributed by atoms with Crippen molar-refractivity contribution in [2.75, 3.05) is 26.4 Å². The van der Waals surface area contributed by atoms with E-state index in [1.165, 1.54) is 0 Å². The second kappa shape index (κ2) is 15.1. The second-order valence-corrected chi connectivity index (χ2v) is 16.7. The Hall–Kier alpha value is -7.08. The molecule has 2 fully saturated rings. The van der Waals surface area contributed by atoms with Crippen molar-refractivity contribution in [2.45, 2.75) is 24.4 Å². The van der Waals surface area contributed by atoms with Gasteiger partial charge in [0.15, 0.2) is 11.6 Å². The average molecular weight is 827 g/mol. The largest absolute Gasteiger partial charge is 0.345 e. The monoisotopic (exact) mass is 826 g/mol. The van der Waals surface area contributed by atoms with Crippen LogP contribution in [-0.2, 0) is 43.4 Å². The first-order chi connectivity index (χ1) is 31.1. The van der Waals surface area contributed by atoms with Crippen LogP contribution in [0.2, 0.25) is 0 Å². The molecule has 6 aromatic heterocycles. The maximum Gasteiger partial charge on any atom is 0.198 e. The molecule has 10 heteroatoms. The Kier molecular flexibility index (Phi) is 9.01. The Morgan fingerprint density at radius 3 is 1.00 bits per heavy atom. The molecule has 0 aliphatic carbocycles. The number of hydrogen-bond acceptors (Lipinski definition) is 8. The fraction of sp³-hybridized carbons (Fsp3) is 0.170. The van der Waals surface area contributed by atoms with E-state index >= 15 is 0 Å². The van der Waals surface area contributed by atoms with E-state index in [4.69, 9.17) is 38.9 Å². The van der Waals surface area contributed by atoms with E-state index < -0.39 is 17.0 Å². The first kappa shape index (κ1) is 37.7. The van der Waals surface area contributed by atoms with E-state index in [1.807, 2.05) is 61.2 Å². The number of nitrogens with zero attached hydrogens (tertiary/aromatic N) is 6. The quantitative estimate of drug-likeness (QED) is 0.149. The highest BCUT2D eigenvalue weighted by Crippen LogP contribution is 2.46. The van der Waals surface area contributed by atoms with Crippen LogP contribution in [0.15, 0.2) is 183 Å². The molecule has 0 N–H and O–H groups in total. The fourth-order valence-electron chi connectivity index (χ4n) is 9.44. The van der Waals surface area contributed by atoms with Crippen LogP contribution in [0.3, 0.4) is 0 Å². The standard InChI is InChI=1S/C53H42N6O4/c1-3-11-37(12-4-1)31-52(39-19-23-41(24-20-39)58-47-43(15-7-27-54-47)44-16-8-28-55-48(44)58)60-33-51(34-61-52)35-62-53(63-36-51,32-38-13-5-2-6-14-38)40-21-25-42(26-22-40)59-49-45(17-9-29-56-49)46-18-10-30-57-50(46)59/h1-30H,31-36H2. The maximum absolute atomic E-state index is 7.01. The number of hydrogen-bond donors (Lipinski definition) is 0. The molecule has 0 saturated carbocycles. The van der Waals surface area contributed by atoms with E-state index in [1.54, 1.807) is 0 Å². The van der Waals surface area contributed by atoms with Gasteiger partial charge >= 0.3 is 0 Å². The molecule has 0 atom stereocenters. The summed E-state index contributed by atoms with van der Waals surface area (Å²) < 4.78 is 32.3. The van der Waals surface area contributed by atoms with E-state index in [-0.39, 0.29) is 0 Å². The van der Waals surface area contributed by atoms with Crippen molar-refractivity contribution in [3.63, 3.8) is 0 Å². The van der Waals surface area contributed by atoms with Gasteiger partial charge in [-0.15, -0.1) is 0 Å². The molecule has 308 valence electrons. The Morgan fingerprint density at radius 1 is 0.365 bits per heavy atom. The molecule has 0 bridgehead atoms. The summed E-state index contributed by atoms with van der Waals surface area (Å²) in [7, 11) is 0. The normalized spacial score (nSPS) is 21.5. The predicted octanol–water partition coefficient (Wildman–Crippen LogP) is 10.0. The van der Waals surface area contributed by atoms with Gasteiger partial charge in [0.25, 0.3) is 0 Å². The Labute approximate surface area is 363 Å². The first-order valence-corrected chi connectivity index (χ1v) is 21.4. The topological polar surface area (TPSA) is 98.3 Å². The molecule has 12 rings (SSSR count). The molecule has 0 radical (unpaired) electrons. The van der Waals surface area contributed by atoms with Gasteiger partial charge in [-0.25, -0.2) is 19.9 Å². The van der Waals surface area contributed by atoms with E-state index in [2.05, 4.69) is 130 Å². The number of fused-ring (bicyclic) bond motifs is 6. The molecule has 10 nitrogen and oxygen atoms in total. The van der Waals surface area contributed by atoms with Crippen molar-refractivity contribution in [1.29, 1.82) is 0 Å². The molecule has 63 heavy (non-hydrogen) atoms. The van der Waals surface area contributed by atoms with Gasteiger partial charge < -0.3 is 18.9 Å². The van der Waals surface area contributed by atoms with Crippen LogP contribution in [0.4, 0.5) is 0 Å². The van der Waals surface area contributed by atoms with E-state index in [0.29, 0.717) is 39.3 Å². The van der Waals surface area contributed by atoms with Gasteiger partial charge in [0.2, 0.25) is 0 Å². The number of rotatable bonds is 8. The summed E-state index contributed by atoms with van der Waals surface area (Å²) in [5.41, 5.74) is 8.91. The Bertz CT molecular complexity index is 2910. The minimum Gasteiger partial charge on any atom is -0.345 e. The van der Waals surface area contributed by atoms with Crippen LogP contribution in [-0.4, -0.2) is 55.5 Å². The first-order valence-electron chi connectivity index (χ1n) is 21.4. The average Bonchev–Trinajstić information content (AvgIpc) is 3.87. The molecule has 10 aromatic rings. The number of benzene rings is 4. The van der Waals surface area contributed by atoms with Crippen molar-refractivity contribution in [3.05, 3.63) is 205 Å². The van der Waals surface area contributed by atoms with Crippen molar-refractivity contribution < 1.29 is 18.9 Å². The third-order valence-electron chi connectivity index (χ3n) is 12.7. The summed E-state index contributed by atoms with van der Waals surface area (Å²) >= 11 is 0. The molecule has 1 spiro atoms. The summed E-state index contributed by atoms with van der Waals surface area (Å²) in [4.78, 5) is 19.0. The summed E-state index contributed by atoms with van der Waals surface area (Å²) in [5, 5.41) is 4.24.